The van der Waals surface area contributed by atoms with Crippen LogP contribution in [0.1, 0.15) is 39.0 Å². The molecule has 2 saturated carbocycles. The monoisotopic (exact) mass is 208 g/mol. The van der Waals surface area contributed by atoms with Gasteiger partial charge in [-0.25, -0.2) is 0 Å². The molecule has 1 saturated heterocycles. The molecule has 0 bridgehead atoms. The summed E-state index contributed by atoms with van der Waals surface area (Å²) in [4.78, 5) is 13.9. The second-order valence-electron chi connectivity index (χ2n) is 5.46. The Morgan fingerprint density at radius 1 is 1.47 bits per heavy atom. The fourth-order valence-electron chi connectivity index (χ4n) is 3.04. The number of nitrogens with one attached hydrogen (secondary N) is 1. The van der Waals surface area contributed by atoms with Crippen molar-refractivity contribution in [2.24, 2.45) is 11.3 Å². The fraction of sp³-hybridized carbons (Fsp3) is 0.917. The maximum Gasteiger partial charge on any atom is 0.237 e. The van der Waals surface area contributed by atoms with E-state index in [0.717, 1.165) is 18.9 Å². The molecule has 3 aliphatic rings. The molecule has 0 aromatic carbocycles. The molecule has 3 rings (SSSR count). The van der Waals surface area contributed by atoms with E-state index in [1.807, 2.05) is 0 Å². The second-order valence-corrected chi connectivity index (χ2v) is 5.46. The third-order valence-corrected chi connectivity index (χ3v) is 4.39. The summed E-state index contributed by atoms with van der Waals surface area (Å²) in [7, 11) is 0. The van der Waals surface area contributed by atoms with Crippen LogP contribution in [-0.4, -0.2) is 30.1 Å². The molecule has 2 aliphatic carbocycles. The van der Waals surface area contributed by atoms with Crippen molar-refractivity contribution in [3.05, 3.63) is 0 Å². The molecule has 0 radical (unpaired) electrons. The third-order valence-electron chi connectivity index (χ3n) is 4.39. The van der Waals surface area contributed by atoms with E-state index in [2.05, 4.69) is 17.1 Å². The molecular formula is C12H20N2O. The van der Waals surface area contributed by atoms with E-state index < -0.39 is 0 Å². The minimum absolute atomic E-state index is 0.314. The van der Waals surface area contributed by atoms with Crippen molar-refractivity contribution in [1.29, 1.82) is 0 Å². The summed E-state index contributed by atoms with van der Waals surface area (Å²) in [5.41, 5.74) is 0.551. The van der Waals surface area contributed by atoms with Crippen LogP contribution in [0.25, 0.3) is 0 Å². The van der Waals surface area contributed by atoms with Gasteiger partial charge in [-0.05, 0) is 43.4 Å². The zero-order chi connectivity index (χ0) is 10.5. The van der Waals surface area contributed by atoms with Crippen molar-refractivity contribution in [2.45, 2.75) is 45.2 Å². The molecule has 15 heavy (non-hydrogen) atoms. The highest BCUT2D eigenvalue weighted by molar-refractivity contribution is 5.80. The fourth-order valence-corrected chi connectivity index (χ4v) is 3.04. The van der Waals surface area contributed by atoms with Crippen molar-refractivity contribution >= 4 is 5.91 Å². The summed E-state index contributed by atoms with van der Waals surface area (Å²) in [5.74, 6) is 1.26. The van der Waals surface area contributed by atoms with E-state index in [1.165, 1.54) is 25.7 Å². The van der Waals surface area contributed by atoms with Gasteiger partial charge in [0.1, 0.15) is 0 Å². The molecule has 0 aromatic heterocycles. The van der Waals surface area contributed by atoms with Gasteiger partial charge in [-0.15, -0.1) is 0 Å². The zero-order valence-corrected chi connectivity index (χ0v) is 9.46. The summed E-state index contributed by atoms with van der Waals surface area (Å²) in [6.45, 7) is 3.74. The summed E-state index contributed by atoms with van der Waals surface area (Å²) >= 11 is 0. The first-order chi connectivity index (χ1) is 7.25. The van der Waals surface area contributed by atoms with Crippen LogP contribution in [0.2, 0.25) is 0 Å². The maximum atomic E-state index is 11.8. The van der Waals surface area contributed by atoms with Crippen LogP contribution < -0.4 is 5.32 Å². The third kappa shape index (κ3) is 1.57. The molecule has 0 aromatic rings. The van der Waals surface area contributed by atoms with E-state index in [4.69, 9.17) is 0 Å². The van der Waals surface area contributed by atoms with Gasteiger partial charge in [0, 0.05) is 6.54 Å². The molecule has 84 valence electrons. The predicted octanol–water partition coefficient (Wildman–Crippen LogP) is 1.34. The molecule has 3 nitrogen and oxygen atoms in total. The molecule has 1 N–H and O–H groups in total. The highest BCUT2D eigenvalue weighted by atomic mass is 16.2. The van der Waals surface area contributed by atoms with Crippen molar-refractivity contribution in [2.75, 3.05) is 13.1 Å². The Balaban J connectivity index is 1.68. The first-order valence-electron chi connectivity index (χ1n) is 6.28. The second kappa shape index (κ2) is 3.21. The quantitative estimate of drug-likeness (QED) is 0.756. The van der Waals surface area contributed by atoms with Gasteiger partial charge in [0.15, 0.2) is 0 Å². The Bertz CT molecular complexity index is 281. The first-order valence-corrected chi connectivity index (χ1v) is 6.28. The maximum absolute atomic E-state index is 11.8. The van der Waals surface area contributed by atoms with Gasteiger partial charge in [-0.2, -0.15) is 0 Å². The van der Waals surface area contributed by atoms with Gasteiger partial charge in [0.05, 0.1) is 12.7 Å². The van der Waals surface area contributed by atoms with Crippen molar-refractivity contribution in [1.82, 2.24) is 10.2 Å². The summed E-state index contributed by atoms with van der Waals surface area (Å²) < 4.78 is 0. The van der Waals surface area contributed by atoms with Gasteiger partial charge in [0.25, 0.3) is 0 Å². The Kier molecular flexibility index (Phi) is 2.06. The van der Waals surface area contributed by atoms with E-state index in [1.54, 1.807) is 0 Å². The lowest BCUT2D eigenvalue weighted by Gasteiger charge is -2.28. The molecular weight excluding hydrogens is 188 g/mol. The number of rotatable bonds is 4. The van der Waals surface area contributed by atoms with Crippen LogP contribution in [0.5, 0.6) is 0 Å². The van der Waals surface area contributed by atoms with Crippen molar-refractivity contribution in [3.63, 3.8) is 0 Å². The Labute approximate surface area is 91.2 Å². The summed E-state index contributed by atoms with van der Waals surface area (Å²) in [6.07, 6.45) is 6.88. The summed E-state index contributed by atoms with van der Waals surface area (Å²) in [6, 6.07) is 0. The van der Waals surface area contributed by atoms with Crippen LogP contribution >= 0.6 is 0 Å². The van der Waals surface area contributed by atoms with Crippen LogP contribution in [0.15, 0.2) is 0 Å². The minimum atomic E-state index is 0.314. The minimum Gasteiger partial charge on any atom is -0.325 e. The average Bonchev–Trinajstić information content (AvgIpc) is 3.10. The van der Waals surface area contributed by atoms with Gasteiger partial charge in [-0.3, -0.25) is 10.1 Å². The smallest absolute Gasteiger partial charge is 0.237 e. The lowest BCUT2D eigenvalue weighted by Crippen LogP contribution is -2.41. The number of nitrogens with zero attached hydrogens (tertiary/aromatic N) is 1. The SMILES string of the molecule is CCC1NCC(=O)N1CC1(C2CC2)CC1. The zero-order valence-electron chi connectivity index (χ0n) is 9.46. The number of hydrogen-bond donors (Lipinski definition) is 1. The largest absolute Gasteiger partial charge is 0.325 e. The Morgan fingerprint density at radius 3 is 2.73 bits per heavy atom. The van der Waals surface area contributed by atoms with Crippen LogP contribution in [0.4, 0.5) is 0 Å². The van der Waals surface area contributed by atoms with Gasteiger partial charge in [-0.1, -0.05) is 6.92 Å². The standard InChI is InChI=1S/C12H20N2O/c1-2-10-13-7-11(15)14(10)8-12(5-6-12)9-3-4-9/h9-10,13H,2-8H2,1H3. The average molecular weight is 208 g/mol. The number of carbonyl (C=O) groups excluding carboxylic acids is 1. The Morgan fingerprint density at radius 2 is 2.20 bits per heavy atom. The molecule has 1 unspecified atom stereocenters. The molecule has 1 atom stereocenters. The van der Waals surface area contributed by atoms with Crippen molar-refractivity contribution < 1.29 is 4.79 Å². The predicted molar refractivity (Wildman–Crippen MR) is 58.2 cm³/mol. The molecule has 3 fully saturated rings. The van der Waals surface area contributed by atoms with Gasteiger partial charge in [0.2, 0.25) is 5.91 Å². The van der Waals surface area contributed by atoms with Crippen LogP contribution in [-0.2, 0) is 4.79 Å². The molecule has 0 spiro atoms. The normalized spacial score (nSPS) is 33.5. The van der Waals surface area contributed by atoms with E-state index in [0.29, 0.717) is 24.0 Å². The lowest BCUT2D eigenvalue weighted by atomic mass is 9.99. The number of amides is 1. The highest BCUT2D eigenvalue weighted by Gasteiger charge is 2.55. The summed E-state index contributed by atoms with van der Waals surface area (Å²) in [5, 5.41) is 3.29. The molecule has 1 aliphatic heterocycles. The Hall–Kier alpha value is -0.570. The van der Waals surface area contributed by atoms with E-state index >= 15 is 0 Å². The number of hydrogen-bond acceptors (Lipinski definition) is 2. The molecule has 1 amide bonds. The number of carbonyl (C=O) groups is 1. The van der Waals surface area contributed by atoms with Crippen LogP contribution in [0.3, 0.4) is 0 Å². The molecule has 1 heterocycles. The molecule has 3 heteroatoms. The highest BCUT2D eigenvalue weighted by Crippen LogP contribution is 2.61. The topological polar surface area (TPSA) is 32.3 Å². The van der Waals surface area contributed by atoms with E-state index in [-0.39, 0.29) is 0 Å². The van der Waals surface area contributed by atoms with Gasteiger partial charge < -0.3 is 4.90 Å². The van der Waals surface area contributed by atoms with Crippen molar-refractivity contribution in [3.8, 4) is 0 Å². The van der Waals surface area contributed by atoms with E-state index in [9.17, 15) is 4.79 Å². The lowest BCUT2D eigenvalue weighted by molar-refractivity contribution is -0.129. The van der Waals surface area contributed by atoms with Crippen LogP contribution in [0, 0.1) is 11.3 Å². The first kappa shape index (κ1) is 9.64. The van der Waals surface area contributed by atoms with Gasteiger partial charge >= 0.3 is 0 Å².